The molecule has 7 nitrogen and oxygen atoms in total. The minimum Gasteiger partial charge on any atom is -0.480 e. The van der Waals surface area contributed by atoms with Crippen molar-refractivity contribution >= 4 is 18.0 Å². The van der Waals surface area contributed by atoms with Gasteiger partial charge in [-0.1, -0.05) is 61.9 Å². The standard InChI is InChI=1S/C25H27F3N2O5/c1-3-12-24(2,22(33)29-20(21(31)32)13-25(26,27)28)30-23(34)35-14-19-17-10-6-4-8-15(17)16-9-5-7-11-18(16)19/h4-11,19-20H,3,12-14H2,1-2H3,(H,29,33)(H,30,34)(H,31,32). The third-order valence-electron chi connectivity index (χ3n) is 6.01. The molecule has 1 aliphatic carbocycles. The molecule has 0 bridgehead atoms. The number of hydrogen-bond acceptors (Lipinski definition) is 4. The van der Waals surface area contributed by atoms with Crippen molar-refractivity contribution in [2.45, 2.75) is 56.8 Å². The van der Waals surface area contributed by atoms with E-state index in [-0.39, 0.29) is 18.9 Å². The number of fused-ring (bicyclic) bond motifs is 3. The van der Waals surface area contributed by atoms with Gasteiger partial charge in [0.15, 0.2) is 0 Å². The minimum absolute atomic E-state index is 0.0183. The second kappa shape index (κ2) is 10.4. The first-order valence-corrected chi connectivity index (χ1v) is 11.2. The number of carbonyl (C=O) groups is 3. The summed E-state index contributed by atoms with van der Waals surface area (Å²) in [6, 6.07) is 13.3. The average molecular weight is 492 g/mol. The van der Waals surface area contributed by atoms with Gasteiger partial charge >= 0.3 is 18.2 Å². The smallest absolute Gasteiger partial charge is 0.408 e. The Bertz CT molecular complexity index is 1060. The summed E-state index contributed by atoms with van der Waals surface area (Å²) in [5, 5.41) is 13.4. The van der Waals surface area contributed by atoms with Gasteiger partial charge in [0.05, 0.1) is 6.42 Å². The Balaban J connectivity index is 1.70. The first kappa shape index (κ1) is 26.1. The van der Waals surface area contributed by atoms with E-state index >= 15 is 0 Å². The highest BCUT2D eigenvalue weighted by atomic mass is 19.4. The number of carboxylic acid groups (broad SMARTS) is 1. The molecule has 3 rings (SSSR count). The fraction of sp³-hybridized carbons (Fsp3) is 0.400. The highest BCUT2D eigenvalue weighted by Crippen LogP contribution is 2.44. The molecule has 2 aromatic rings. The lowest BCUT2D eigenvalue weighted by molar-refractivity contribution is -0.160. The van der Waals surface area contributed by atoms with Gasteiger partial charge in [-0.2, -0.15) is 13.2 Å². The predicted octanol–water partition coefficient (Wildman–Crippen LogP) is 4.61. The molecule has 0 saturated carbocycles. The van der Waals surface area contributed by atoms with Gasteiger partial charge in [-0.15, -0.1) is 0 Å². The molecule has 2 amide bonds. The van der Waals surface area contributed by atoms with Crippen LogP contribution >= 0.6 is 0 Å². The summed E-state index contributed by atoms with van der Waals surface area (Å²) in [4.78, 5) is 36.7. The molecule has 1 aliphatic rings. The van der Waals surface area contributed by atoms with Crippen LogP contribution in [0, 0.1) is 0 Å². The third kappa shape index (κ3) is 6.12. The summed E-state index contributed by atoms with van der Waals surface area (Å²) in [6.45, 7) is 3.02. The molecule has 2 aromatic carbocycles. The van der Waals surface area contributed by atoms with Crippen molar-refractivity contribution in [3.63, 3.8) is 0 Å². The van der Waals surface area contributed by atoms with E-state index in [9.17, 15) is 27.6 Å². The van der Waals surface area contributed by atoms with Crippen molar-refractivity contribution in [1.82, 2.24) is 10.6 Å². The number of carbonyl (C=O) groups excluding carboxylic acids is 2. The monoisotopic (exact) mass is 492 g/mol. The molecule has 0 aliphatic heterocycles. The van der Waals surface area contributed by atoms with E-state index in [1.165, 1.54) is 6.92 Å². The van der Waals surface area contributed by atoms with Crippen LogP contribution in [0.15, 0.2) is 48.5 Å². The van der Waals surface area contributed by atoms with E-state index < -0.39 is 42.1 Å². The molecule has 0 aromatic heterocycles. The summed E-state index contributed by atoms with van der Waals surface area (Å²) < 4.78 is 43.6. The van der Waals surface area contributed by atoms with Crippen LogP contribution in [0.4, 0.5) is 18.0 Å². The molecule has 2 unspecified atom stereocenters. The first-order valence-electron chi connectivity index (χ1n) is 11.2. The third-order valence-corrected chi connectivity index (χ3v) is 6.01. The van der Waals surface area contributed by atoms with Crippen molar-refractivity contribution in [2.24, 2.45) is 0 Å². The van der Waals surface area contributed by atoms with Gasteiger partial charge in [0, 0.05) is 5.92 Å². The molecule has 0 spiro atoms. The van der Waals surface area contributed by atoms with Crippen LogP contribution in [0.5, 0.6) is 0 Å². The maximum absolute atomic E-state index is 12.8. The molecule has 2 atom stereocenters. The zero-order chi connectivity index (χ0) is 25.8. The molecule has 3 N–H and O–H groups in total. The molecule has 0 fully saturated rings. The number of amides is 2. The predicted molar refractivity (Wildman–Crippen MR) is 122 cm³/mol. The van der Waals surface area contributed by atoms with E-state index in [0.717, 1.165) is 22.3 Å². The summed E-state index contributed by atoms with van der Waals surface area (Å²) in [6.07, 6.45) is -7.01. The van der Waals surface area contributed by atoms with Crippen LogP contribution in [-0.2, 0) is 14.3 Å². The number of ether oxygens (including phenoxy) is 1. The number of carboxylic acids is 1. The van der Waals surface area contributed by atoms with Crippen LogP contribution in [0.1, 0.15) is 50.2 Å². The van der Waals surface area contributed by atoms with Crippen LogP contribution in [0.25, 0.3) is 11.1 Å². The van der Waals surface area contributed by atoms with Gasteiger partial charge in [-0.05, 0) is 35.6 Å². The molecule has 0 radical (unpaired) electrons. The molecule has 188 valence electrons. The Kier molecular flexibility index (Phi) is 7.72. The second-order valence-corrected chi connectivity index (χ2v) is 8.72. The molecule has 35 heavy (non-hydrogen) atoms. The van der Waals surface area contributed by atoms with E-state index in [0.29, 0.717) is 6.42 Å². The van der Waals surface area contributed by atoms with Crippen LogP contribution in [0.2, 0.25) is 0 Å². The lowest BCUT2D eigenvalue weighted by Crippen LogP contribution is -2.60. The van der Waals surface area contributed by atoms with Crippen LogP contribution < -0.4 is 10.6 Å². The lowest BCUT2D eigenvalue weighted by atomic mass is 9.94. The number of halogens is 3. The molecule has 10 heteroatoms. The van der Waals surface area contributed by atoms with E-state index in [4.69, 9.17) is 9.84 Å². The fourth-order valence-corrected chi connectivity index (χ4v) is 4.34. The maximum atomic E-state index is 12.8. The molecule has 0 heterocycles. The van der Waals surface area contributed by atoms with Crippen molar-refractivity contribution in [2.75, 3.05) is 6.61 Å². The minimum atomic E-state index is -4.79. The van der Waals surface area contributed by atoms with E-state index in [1.807, 2.05) is 53.8 Å². The summed E-state index contributed by atoms with van der Waals surface area (Å²) in [5.74, 6) is -3.08. The van der Waals surface area contributed by atoms with Crippen LogP contribution in [0.3, 0.4) is 0 Å². The summed E-state index contributed by atoms with van der Waals surface area (Å²) >= 11 is 0. The van der Waals surface area contributed by atoms with Gasteiger partial charge in [-0.25, -0.2) is 9.59 Å². The normalized spacial score (nSPS) is 15.3. The summed E-state index contributed by atoms with van der Waals surface area (Å²) in [7, 11) is 0. The Labute approximate surface area is 200 Å². The van der Waals surface area contributed by atoms with E-state index in [2.05, 4.69) is 5.32 Å². The Morgan fingerprint density at radius 3 is 2.06 bits per heavy atom. The van der Waals surface area contributed by atoms with Crippen molar-refractivity contribution in [3.05, 3.63) is 59.7 Å². The number of nitrogens with one attached hydrogen (secondary N) is 2. The molecular formula is C25H27F3N2O5. The largest absolute Gasteiger partial charge is 0.480 e. The van der Waals surface area contributed by atoms with Gasteiger partial charge in [0.1, 0.15) is 18.2 Å². The SMILES string of the molecule is CCCC(C)(NC(=O)OCC1c2ccccc2-c2ccccc21)C(=O)NC(CC(F)(F)F)C(=O)O. The number of rotatable bonds is 9. The number of alkyl carbamates (subject to hydrolysis) is 1. The fourth-order valence-electron chi connectivity index (χ4n) is 4.34. The highest BCUT2D eigenvalue weighted by molar-refractivity contribution is 5.92. The van der Waals surface area contributed by atoms with Gasteiger partial charge in [-0.3, -0.25) is 4.79 Å². The Hall–Kier alpha value is -3.56. The molecule has 0 saturated heterocycles. The van der Waals surface area contributed by atoms with Crippen molar-refractivity contribution in [3.8, 4) is 11.1 Å². The zero-order valence-electron chi connectivity index (χ0n) is 19.3. The van der Waals surface area contributed by atoms with E-state index in [1.54, 1.807) is 6.92 Å². The lowest BCUT2D eigenvalue weighted by Gasteiger charge is -2.30. The van der Waals surface area contributed by atoms with Crippen molar-refractivity contribution in [1.29, 1.82) is 0 Å². The second-order valence-electron chi connectivity index (χ2n) is 8.72. The number of alkyl halides is 3. The summed E-state index contributed by atoms with van der Waals surface area (Å²) in [5.41, 5.74) is 2.39. The zero-order valence-corrected chi connectivity index (χ0v) is 19.3. The average Bonchev–Trinajstić information content (AvgIpc) is 3.10. The Morgan fingerprint density at radius 2 is 1.57 bits per heavy atom. The number of aliphatic carboxylic acids is 1. The van der Waals surface area contributed by atoms with Gasteiger partial charge in [0.2, 0.25) is 5.91 Å². The number of hydrogen-bond donors (Lipinski definition) is 3. The maximum Gasteiger partial charge on any atom is 0.408 e. The quantitative estimate of drug-likeness (QED) is 0.474. The van der Waals surface area contributed by atoms with Crippen LogP contribution in [-0.4, -0.2) is 47.4 Å². The first-order chi connectivity index (χ1) is 16.4. The highest BCUT2D eigenvalue weighted by Gasteiger charge is 2.41. The number of benzene rings is 2. The van der Waals surface area contributed by atoms with Gasteiger partial charge in [0.25, 0.3) is 0 Å². The van der Waals surface area contributed by atoms with Crippen molar-refractivity contribution < 1.29 is 37.4 Å². The topological polar surface area (TPSA) is 105 Å². The Morgan fingerprint density at radius 1 is 1.03 bits per heavy atom. The molecular weight excluding hydrogens is 465 g/mol. The van der Waals surface area contributed by atoms with Gasteiger partial charge < -0.3 is 20.5 Å².